The highest BCUT2D eigenvalue weighted by Gasteiger charge is 2.32. The first kappa shape index (κ1) is 20.7. The van der Waals surface area contributed by atoms with Crippen molar-refractivity contribution in [1.82, 2.24) is 15.1 Å². The highest BCUT2D eigenvalue weighted by molar-refractivity contribution is 6.37. The maximum Gasteiger partial charge on any atom is 0.416 e. The first-order valence-electron chi connectivity index (χ1n) is 7.92. The molecule has 3 rings (SSSR count). The van der Waals surface area contributed by atoms with Crippen molar-refractivity contribution in [3.05, 3.63) is 39.0 Å². The summed E-state index contributed by atoms with van der Waals surface area (Å²) in [4.78, 5) is 12.3. The Hall–Kier alpha value is -2.01. The molecule has 0 radical (unpaired) electrons. The number of alkyl halides is 3. The fraction of sp³-hybridized carbons (Fsp3) is 0.375. The van der Waals surface area contributed by atoms with Crippen LogP contribution < -0.4 is 10.1 Å². The van der Waals surface area contributed by atoms with Crippen molar-refractivity contribution >= 4 is 29.2 Å². The monoisotopic (exact) mass is 439 g/mol. The molecule has 2 aromatic rings. The summed E-state index contributed by atoms with van der Waals surface area (Å²) in [5, 5.41) is 5.82. The maximum absolute atomic E-state index is 12.8. The summed E-state index contributed by atoms with van der Waals surface area (Å²) in [5.74, 6) is -0.239. The highest BCUT2D eigenvalue weighted by atomic mass is 35.5. The second-order valence-electron chi connectivity index (χ2n) is 5.82. The third-order valence-corrected chi connectivity index (χ3v) is 4.51. The number of nitrogens with zero attached hydrogens (tertiary/aromatic N) is 2. The van der Waals surface area contributed by atoms with Crippen LogP contribution in [0.3, 0.4) is 0 Å². The van der Waals surface area contributed by atoms with Crippen molar-refractivity contribution in [3.63, 3.8) is 0 Å². The van der Waals surface area contributed by atoms with Crippen LogP contribution in [-0.4, -0.2) is 35.4 Å². The molecule has 1 saturated heterocycles. The summed E-state index contributed by atoms with van der Waals surface area (Å²) in [6, 6.07) is 0.763. The molecule has 1 aromatic heterocycles. The predicted octanol–water partition coefficient (Wildman–Crippen LogP) is 4.51. The molecule has 0 bridgehead atoms. The largest absolute Gasteiger partial charge is 0.434 e. The van der Waals surface area contributed by atoms with E-state index in [1.54, 1.807) is 13.8 Å². The summed E-state index contributed by atoms with van der Waals surface area (Å²) in [7, 11) is 0. The van der Waals surface area contributed by atoms with Crippen molar-refractivity contribution in [2.24, 2.45) is 0 Å². The van der Waals surface area contributed by atoms with Crippen LogP contribution in [-0.2, 0) is 15.7 Å². The molecule has 28 heavy (non-hydrogen) atoms. The molecule has 12 heteroatoms. The molecule has 1 aliphatic heterocycles. The number of hydrogen-bond donors (Lipinski definition) is 1. The van der Waals surface area contributed by atoms with Gasteiger partial charge in [0.1, 0.15) is 0 Å². The van der Waals surface area contributed by atoms with Crippen LogP contribution >= 0.6 is 23.2 Å². The minimum absolute atomic E-state index is 0.0375. The van der Waals surface area contributed by atoms with Gasteiger partial charge in [0.25, 0.3) is 0 Å². The summed E-state index contributed by atoms with van der Waals surface area (Å²) >= 11 is 11.8. The lowest BCUT2D eigenvalue weighted by molar-refractivity contribution is -0.137. The second-order valence-corrected chi connectivity index (χ2v) is 6.63. The topological polar surface area (TPSA) is 74.6 Å². The Balaban J connectivity index is 1.86. The summed E-state index contributed by atoms with van der Waals surface area (Å²) in [5.41, 5.74) is -0.107. The van der Waals surface area contributed by atoms with Gasteiger partial charge in [-0.15, -0.1) is 5.10 Å². The van der Waals surface area contributed by atoms with E-state index in [0.29, 0.717) is 36.6 Å². The molecule has 0 aliphatic carbocycles. The maximum atomic E-state index is 12.8. The minimum Gasteiger partial charge on any atom is -0.434 e. The van der Waals surface area contributed by atoms with E-state index < -0.39 is 24.2 Å². The van der Waals surface area contributed by atoms with Crippen LogP contribution in [0.2, 0.25) is 10.0 Å². The van der Waals surface area contributed by atoms with Crippen LogP contribution in [0.4, 0.5) is 18.0 Å². The molecule has 0 unspecified atom stereocenters. The first-order valence-corrected chi connectivity index (χ1v) is 8.68. The van der Waals surface area contributed by atoms with Gasteiger partial charge in [-0.25, -0.2) is 4.79 Å². The molecule has 0 spiro atoms. The van der Waals surface area contributed by atoms with Crippen molar-refractivity contribution in [2.75, 3.05) is 13.2 Å². The standard InChI is InChI=1S/C16H14Cl2F3N3O4/c1-7-8(2)24(14(25)22-15-26-3-4-27-15)23-13(7)28-12-10(17)5-9(6-11(12)18)16(19,20)21/h5-6,15H,3-4H2,1-2H3,(H,22,25). The zero-order valence-corrected chi connectivity index (χ0v) is 16.1. The van der Waals surface area contributed by atoms with Gasteiger partial charge >= 0.3 is 12.2 Å². The van der Waals surface area contributed by atoms with Crippen LogP contribution in [0.1, 0.15) is 16.8 Å². The Kier molecular flexibility index (Phi) is 5.76. The van der Waals surface area contributed by atoms with Crippen LogP contribution in [0, 0.1) is 13.8 Å². The number of aromatic nitrogens is 2. The fourth-order valence-corrected chi connectivity index (χ4v) is 2.93. The molecular weight excluding hydrogens is 426 g/mol. The Labute approximate surface area is 167 Å². The first-order chi connectivity index (χ1) is 13.1. The number of benzene rings is 1. The molecule has 1 aliphatic rings. The molecule has 1 aromatic carbocycles. The average Bonchev–Trinajstić information content (AvgIpc) is 3.20. The van der Waals surface area contributed by atoms with Gasteiger partial charge in [-0.05, 0) is 26.0 Å². The summed E-state index contributed by atoms with van der Waals surface area (Å²) in [6.07, 6.45) is -5.50. The average molecular weight is 440 g/mol. The van der Waals surface area contributed by atoms with E-state index in [2.05, 4.69) is 10.4 Å². The van der Waals surface area contributed by atoms with Gasteiger partial charge in [0.2, 0.25) is 12.3 Å². The number of halogens is 5. The van der Waals surface area contributed by atoms with Gasteiger partial charge in [0.15, 0.2) is 5.75 Å². The van der Waals surface area contributed by atoms with E-state index in [1.165, 1.54) is 0 Å². The Bertz CT molecular complexity index is 888. The SMILES string of the molecule is Cc1c(Oc2c(Cl)cc(C(F)(F)F)cc2Cl)nn(C(=O)NC2OCCO2)c1C. The lowest BCUT2D eigenvalue weighted by Crippen LogP contribution is -2.39. The lowest BCUT2D eigenvalue weighted by atomic mass is 10.2. The molecule has 1 fully saturated rings. The van der Waals surface area contributed by atoms with E-state index in [0.717, 1.165) is 4.68 Å². The van der Waals surface area contributed by atoms with E-state index in [9.17, 15) is 18.0 Å². The van der Waals surface area contributed by atoms with Crippen molar-refractivity contribution in [3.8, 4) is 11.6 Å². The van der Waals surface area contributed by atoms with Gasteiger partial charge in [0, 0.05) is 5.56 Å². The van der Waals surface area contributed by atoms with Crippen molar-refractivity contribution in [2.45, 2.75) is 26.4 Å². The second kappa shape index (κ2) is 7.78. The molecule has 0 atom stereocenters. The quantitative estimate of drug-likeness (QED) is 0.761. The van der Waals surface area contributed by atoms with Crippen LogP contribution in [0.5, 0.6) is 11.6 Å². The Morgan fingerprint density at radius 1 is 1.25 bits per heavy atom. The summed E-state index contributed by atoms with van der Waals surface area (Å²) < 4.78 is 55.3. The number of amides is 1. The van der Waals surface area contributed by atoms with Gasteiger partial charge < -0.3 is 14.2 Å². The van der Waals surface area contributed by atoms with Crippen LogP contribution in [0.25, 0.3) is 0 Å². The van der Waals surface area contributed by atoms with E-state index in [4.69, 9.17) is 37.4 Å². The van der Waals surface area contributed by atoms with E-state index in [-0.39, 0.29) is 21.7 Å². The number of rotatable bonds is 3. The zero-order valence-electron chi connectivity index (χ0n) is 14.6. The molecule has 7 nitrogen and oxygen atoms in total. The van der Waals surface area contributed by atoms with Crippen molar-refractivity contribution < 1.29 is 32.2 Å². The van der Waals surface area contributed by atoms with Gasteiger partial charge in [-0.3, -0.25) is 5.32 Å². The fourth-order valence-electron chi connectivity index (χ4n) is 2.37. The lowest BCUT2D eigenvalue weighted by Gasteiger charge is -2.12. The smallest absolute Gasteiger partial charge is 0.416 e. The Morgan fingerprint density at radius 3 is 2.36 bits per heavy atom. The third-order valence-electron chi connectivity index (χ3n) is 3.95. The zero-order chi connectivity index (χ0) is 20.6. The normalized spacial score (nSPS) is 15.1. The number of nitrogens with one attached hydrogen (secondary N) is 1. The predicted molar refractivity (Wildman–Crippen MR) is 92.9 cm³/mol. The number of hydrogen-bond acceptors (Lipinski definition) is 5. The highest BCUT2D eigenvalue weighted by Crippen LogP contribution is 2.42. The third kappa shape index (κ3) is 4.19. The van der Waals surface area contributed by atoms with Gasteiger partial charge in [-0.1, -0.05) is 23.2 Å². The Morgan fingerprint density at radius 2 is 1.82 bits per heavy atom. The van der Waals surface area contributed by atoms with Crippen molar-refractivity contribution in [1.29, 1.82) is 0 Å². The van der Waals surface area contributed by atoms with E-state index >= 15 is 0 Å². The van der Waals surface area contributed by atoms with Crippen LogP contribution in [0.15, 0.2) is 12.1 Å². The molecule has 1 N–H and O–H groups in total. The number of carbonyl (C=O) groups is 1. The molecular formula is C16H14Cl2F3N3O4. The number of carbonyl (C=O) groups excluding carboxylic acids is 1. The minimum atomic E-state index is -4.61. The summed E-state index contributed by atoms with van der Waals surface area (Å²) in [6.45, 7) is 3.93. The van der Waals surface area contributed by atoms with Gasteiger partial charge in [-0.2, -0.15) is 17.9 Å². The molecule has 0 saturated carbocycles. The number of ether oxygens (including phenoxy) is 3. The van der Waals surface area contributed by atoms with Gasteiger partial charge in [0.05, 0.1) is 34.5 Å². The molecule has 152 valence electrons. The molecule has 2 heterocycles. The molecule has 1 amide bonds. The van der Waals surface area contributed by atoms with E-state index in [1.807, 2.05) is 0 Å².